The number of phosphoric ester groups is 2. The Bertz CT molecular complexity index is 1820. The number of rotatable bonds is 74. The third kappa shape index (κ3) is 67.3. The minimum atomic E-state index is -4.96. The fourth-order valence-corrected chi connectivity index (χ4v) is 13.0. The summed E-state index contributed by atoms with van der Waals surface area (Å²) in [5.74, 6) is -0.664. The van der Waals surface area contributed by atoms with Crippen LogP contribution in [0.25, 0.3) is 0 Å². The molecule has 0 amide bonds. The molecule has 0 saturated carbocycles. The molecule has 0 aliphatic carbocycles. The lowest BCUT2D eigenvalue weighted by Gasteiger charge is -2.21. The van der Waals surface area contributed by atoms with E-state index in [9.17, 15) is 43.2 Å². The zero-order valence-corrected chi connectivity index (χ0v) is 63.1. The number of esters is 4. The van der Waals surface area contributed by atoms with Crippen LogP contribution in [0.2, 0.25) is 0 Å². The van der Waals surface area contributed by atoms with Gasteiger partial charge in [-0.15, -0.1) is 0 Å². The van der Waals surface area contributed by atoms with Crippen molar-refractivity contribution in [3.63, 3.8) is 0 Å². The molecule has 0 heterocycles. The van der Waals surface area contributed by atoms with Crippen molar-refractivity contribution in [2.45, 2.75) is 407 Å². The molecule has 0 radical (unpaired) electrons. The average molecular weight is 1380 g/mol. The second-order valence-electron chi connectivity index (χ2n) is 27.8. The van der Waals surface area contributed by atoms with Gasteiger partial charge >= 0.3 is 39.5 Å². The summed E-state index contributed by atoms with van der Waals surface area (Å²) in [5, 5.41) is 10.6. The fraction of sp³-hybridized carbons (Fsp3) is 0.947. The minimum absolute atomic E-state index is 0.106. The highest BCUT2D eigenvalue weighted by molar-refractivity contribution is 7.47. The van der Waals surface area contributed by atoms with E-state index in [1.165, 1.54) is 199 Å². The van der Waals surface area contributed by atoms with Crippen LogP contribution in [0, 0.1) is 11.8 Å². The van der Waals surface area contributed by atoms with Crippen LogP contribution in [0.1, 0.15) is 388 Å². The van der Waals surface area contributed by atoms with Crippen LogP contribution in [-0.4, -0.2) is 96.7 Å². The molecule has 0 fully saturated rings. The van der Waals surface area contributed by atoms with Crippen LogP contribution >= 0.6 is 15.6 Å². The molecule has 0 aromatic heterocycles. The monoisotopic (exact) mass is 1380 g/mol. The van der Waals surface area contributed by atoms with Crippen LogP contribution in [0.4, 0.5) is 0 Å². The molecule has 19 heteroatoms. The van der Waals surface area contributed by atoms with Crippen molar-refractivity contribution in [2.24, 2.45) is 11.8 Å². The van der Waals surface area contributed by atoms with Crippen molar-refractivity contribution >= 4 is 39.5 Å². The summed E-state index contributed by atoms with van der Waals surface area (Å²) >= 11 is 0. The van der Waals surface area contributed by atoms with Gasteiger partial charge in [-0.05, 0) is 37.5 Å². The summed E-state index contributed by atoms with van der Waals surface area (Å²) in [6.07, 6.45) is 54.4. The number of carbonyl (C=O) groups excluding carboxylic acids is 4. The van der Waals surface area contributed by atoms with E-state index in [2.05, 4.69) is 41.5 Å². The standard InChI is InChI=1S/C75H146O17P2/c1-7-10-12-14-16-18-20-21-22-23-24-25-26-27-28-29-30-32-34-40-48-54-60-75(80)91-70(63-85-72(77)57-51-45-38-36-35-37-43-49-55-67(4)5)65-89-93(81,82)87-61-69(76)62-88-94(83,84)90-66-71(64-86-73(78)58-52-46-42-41-44-50-56-68(6)9-3)92-74(79)59-53-47-39-33-31-19-17-15-13-11-8-2/h67-71,76H,7-66H2,1-6H3,(H,81,82)(H,83,84)/t68?,69-,70-,71-/m1/s1. The number of aliphatic hydroxyl groups is 1. The molecular weight excluding hydrogens is 1230 g/mol. The van der Waals surface area contributed by atoms with Gasteiger partial charge in [-0.1, -0.05) is 337 Å². The van der Waals surface area contributed by atoms with Crippen molar-refractivity contribution in [1.82, 2.24) is 0 Å². The van der Waals surface area contributed by atoms with Crippen molar-refractivity contribution in [2.75, 3.05) is 39.6 Å². The third-order valence-electron chi connectivity index (χ3n) is 17.8. The maximum Gasteiger partial charge on any atom is 0.472 e. The molecule has 558 valence electrons. The van der Waals surface area contributed by atoms with E-state index < -0.39 is 97.5 Å². The van der Waals surface area contributed by atoms with Crippen LogP contribution in [0.5, 0.6) is 0 Å². The maximum absolute atomic E-state index is 13.1. The summed E-state index contributed by atoms with van der Waals surface area (Å²) in [6.45, 7) is 9.50. The lowest BCUT2D eigenvalue weighted by Crippen LogP contribution is -2.30. The number of aliphatic hydroxyl groups excluding tert-OH is 1. The first-order valence-electron chi connectivity index (χ1n) is 39.0. The number of ether oxygens (including phenoxy) is 4. The highest BCUT2D eigenvalue weighted by Gasteiger charge is 2.30. The third-order valence-corrected chi connectivity index (χ3v) is 19.7. The van der Waals surface area contributed by atoms with Gasteiger partial charge in [-0.3, -0.25) is 37.3 Å². The number of hydrogen-bond donors (Lipinski definition) is 3. The van der Waals surface area contributed by atoms with E-state index in [-0.39, 0.29) is 25.7 Å². The quantitative estimate of drug-likeness (QED) is 0.0222. The van der Waals surface area contributed by atoms with Gasteiger partial charge in [-0.2, -0.15) is 0 Å². The summed E-state index contributed by atoms with van der Waals surface area (Å²) in [5.41, 5.74) is 0. The highest BCUT2D eigenvalue weighted by Crippen LogP contribution is 2.45. The fourth-order valence-electron chi connectivity index (χ4n) is 11.4. The summed E-state index contributed by atoms with van der Waals surface area (Å²) in [6, 6.07) is 0. The zero-order chi connectivity index (χ0) is 69.3. The lowest BCUT2D eigenvalue weighted by molar-refractivity contribution is -0.161. The van der Waals surface area contributed by atoms with E-state index in [1.54, 1.807) is 0 Å². The highest BCUT2D eigenvalue weighted by atomic mass is 31.2. The molecule has 0 bridgehead atoms. The smallest absolute Gasteiger partial charge is 0.462 e. The van der Waals surface area contributed by atoms with E-state index in [1.807, 2.05) is 0 Å². The first-order chi connectivity index (χ1) is 45.4. The van der Waals surface area contributed by atoms with Gasteiger partial charge < -0.3 is 33.8 Å². The second-order valence-corrected chi connectivity index (χ2v) is 30.7. The van der Waals surface area contributed by atoms with Gasteiger partial charge in [0, 0.05) is 25.7 Å². The minimum Gasteiger partial charge on any atom is -0.462 e. The predicted octanol–water partition coefficient (Wildman–Crippen LogP) is 21.9. The molecule has 0 saturated heterocycles. The number of phosphoric acid groups is 2. The first-order valence-corrected chi connectivity index (χ1v) is 42.0. The Hall–Kier alpha value is -1.94. The Labute approximate surface area is 575 Å². The van der Waals surface area contributed by atoms with Gasteiger partial charge in [0.2, 0.25) is 0 Å². The molecule has 0 aliphatic rings. The van der Waals surface area contributed by atoms with Gasteiger partial charge in [0.05, 0.1) is 26.4 Å². The number of unbranched alkanes of at least 4 members (excludes halogenated alkanes) is 43. The van der Waals surface area contributed by atoms with Gasteiger partial charge in [-0.25, -0.2) is 9.13 Å². The molecule has 6 atom stereocenters. The van der Waals surface area contributed by atoms with E-state index in [4.69, 9.17) is 37.0 Å². The van der Waals surface area contributed by atoms with Gasteiger partial charge in [0.1, 0.15) is 19.3 Å². The van der Waals surface area contributed by atoms with Crippen LogP contribution in [0.15, 0.2) is 0 Å². The Morgan fingerprint density at radius 2 is 0.543 bits per heavy atom. The lowest BCUT2D eigenvalue weighted by atomic mass is 10.00. The van der Waals surface area contributed by atoms with Crippen molar-refractivity contribution in [1.29, 1.82) is 0 Å². The first kappa shape index (κ1) is 92.1. The molecule has 3 unspecified atom stereocenters. The molecule has 0 aromatic rings. The summed E-state index contributed by atoms with van der Waals surface area (Å²) in [7, 11) is -9.91. The Kier molecular flexibility index (Phi) is 65.5. The predicted molar refractivity (Wildman–Crippen MR) is 381 cm³/mol. The van der Waals surface area contributed by atoms with E-state index in [0.29, 0.717) is 25.7 Å². The molecule has 0 spiro atoms. The SMILES string of the molecule is CCCCCCCCCCCCCCCCCCCCCCCCC(=O)O[C@H](COC(=O)CCCCCCCCCCC(C)C)COP(=O)(O)OC[C@@H](O)COP(=O)(O)OC[C@@H](COC(=O)CCCCCCCCC(C)CC)OC(=O)CCCCCCCCCCCCC. The summed E-state index contributed by atoms with van der Waals surface area (Å²) < 4.78 is 68.4. The van der Waals surface area contributed by atoms with Crippen LogP contribution in [-0.2, 0) is 65.4 Å². The maximum atomic E-state index is 13.1. The molecule has 94 heavy (non-hydrogen) atoms. The van der Waals surface area contributed by atoms with Gasteiger partial charge in [0.15, 0.2) is 12.2 Å². The van der Waals surface area contributed by atoms with Crippen molar-refractivity contribution < 1.29 is 80.2 Å². The van der Waals surface area contributed by atoms with Gasteiger partial charge in [0.25, 0.3) is 0 Å². The van der Waals surface area contributed by atoms with Crippen molar-refractivity contribution in [3.8, 4) is 0 Å². The molecule has 0 aromatic carbocycles. The normalized spacial score (nSPS) is 14.3. The Morgan fingerprint density at radius 3 is 0.809 bits per heavy atom. The van der Waals surface area contributed by atoms with Crippen molar-refractivity contribution in [3.05, 3.63) is 0 Å². The van der Waals surface area contributed by atoms with Crippen LogP contribution < -0.4 is 0 Å². The average Bonchev–Trinajstić information content (AvgIpc) is 3.16. The largest absolute Gasteiger partial charge is 0.472 e. The zero-order valence-electron chi connectivity index (χ0n) is 61.3. The number of hydrogen-bond acceptors (Lipinski definition) is 15. The summed E-state index contributed by atoms with van der Waals surface area (Å²) in [4.78, 5) is 72.7. The molecule has 0 aliphatic heterocycles. The van der Waals surface area contributed by atoms with E-state index in [0.717, 1.165) is 108 Å². The van der Waals surface area contributed by atoms with E-state index >= 15 is 0 Å². The van der Waals surface area contributed by atoms with Crippen LogP contribution in [0.3, 0.4) is 0 Å². The molecule has 17 nitrogen and oxygen atoms in total. The molecule has 0 rings (SSSR count). The molecule has 3 N–H and O–H groups in total. The topological polar surface area (TPSA) is 237 Å². The Morgan fingerprint density at radius 1 is 0.309 bits per heavy atom. The molecular formula is C75H146O17P2. The second kappa shape index (κ2) is 66.9. The number of carbonyl (C=O) groups is 4. The Balaban J connectivity index is 5.16.